The van der Waals surface area contributed by atoms with Crippen LogP contribution in [0.4, 0.5) is 5.69 Å². The Morgan fingerprint density at radius 1 is 1.42 bits per heavy atom. The van der Waals surface area contributed by atoms with Crippen LogP contribution in [-0.2, 0) is 4.74 Å². The quantitative estimate of drug-likeness (QED) is 0.272. The predicted octanol–water partition coefficient (Wildman–Crippen LogP) is 2.74. The molecule has 1 unspecified atom stereocenters. The fourth-order valence-corrected chi connectivity index (χ4v) is 1.70. The van der Waals surface area contributed by atoms with Crippen molar-refractivity contribution in [2.24, 2.45) is 0 Å². The van der Waals surface area contributed by atoms with Gasteiger partial charge < -0.3 is 4.74 Å². The van der Waals surface area contributed by atoms with E-state index in [2.05, 4.69) is 15.9 Å². The molecule has 0 aliphatic carbocycles. The van der Waals surface area contributed by atoms with E-state index in [4.69, 9.17) is 4.74 Å². The molecule has 1 rings (SSSR count). The van der Waals surface area contributed by atoms with Gasteiger partial charge in [-0.3, -0.25) is 14.9 Å². The predicted molar refractivity (Wildman–Crippen MR) is 71.8 cm³/mol. The second-order valence-corrected chi connectivity index (χ2v) is 5.06. The van der Waals surface area contributed by atoms with Crippen LogP contribution in [0.25, 0.3) is 0 Å². The zero-order valence-corrected chi connectivity index (χ0v) is 12.0. The van der Waals surface area contributed by atoms with Crippen molar-refractivity contribution in [2.75, 3.05) is 6.61 Å². The number of alkyl halides is 1. The van der Waals surface area contributed by atoms with Crippen molar-refractivity contribution in [3.63, 3.8) is 0 Å². The summed E-state index contributed by atoms with van der Waals surface area (Å²) in [5, 5.41) is 10.7. The Bertz CT molecular complexity index is 527. The number of halogens is 1. The Kier molecular flexibility index (Phi) is 5.17. The lowest BCUT2D eigenvalue weighted by molar-refractivity contribution is -0.384. The van der Waals surface area contributed by atoms with Crippen molar-refractivity contribution >= 4 is 33.4 Å². The number of nitrogens with zero attached hydrogens (tertiary/aromatic N) is 1. The Hall–Kier alpha value is -1.76. The van der Waals surface area contributed by atoms with E-state index in [0.717, 1.165) is 6.07 Å². The summed E-state index contributed by atoms with van der Waals surface area (Å²) in [5.41, 5.74) is -0.231. The van der Waals surface area contributed by atoms with Crippen LogP contribution < -0.4 is 0 Å². The fraction of sp³-hybridized carbons (Fsp3) is 0.333. The Morgan fingerprint density at radius 2 is 2.05 bits per heavy atom. The average molecular weight is 330 g/mol. The van der Waals surface area contributed by atoms with Crippen LogP contribution in [0.3, 0.4) is 0 Å². The van der Waals surface area contributed by atoms with Crippen molar-refractivity contribution in [3.8, 4) is 0 Å². The number of Topliss-reactive ketones (excluding diaryl/α,β-unsaturated/α-hetero) is 1. The second kappa shape index (κ2) is 6.42. The number of carbonyl (C=O) groups excluding carboxylic acids is 2. The van der Waals surface area contributed by atoms with Gasteiger partial charge in [-0.05, 0) is 19.9 Å². The molecule has 0 fully saturated rings. The van der Waals surface area contributed by atoms with E-state index >= 15 is 0 Å². The minimum Gasteiger partial charge on any atom is -0.462 e. The van der Waals surface area contributed by atoms with Crippen LogP contribution in [0.15, 0.2) is 18.2 Å². The van der Waals surface area contributed by atoms with Crippen LogP contribution in [0.2, 0.25) is 0 Å². The molecule has 102 valence electrons. The van der Waals surface area contributed by atoms with Crippen molar-refractivity contribution in [3.05, 3.63) is 39.4 Å². The number of benzene rings is 1. The molecular formula is C12H12BrNO5. The minimum absolute atomic E-state index is 0.0166. The molecule has 0 radical (unpaired) electrons. The first kappa shape index (κ1) is 15.3. The zero-order chi connectivity index (χ0) is 14.6. The summed E-state index contributed by atoms with van der Waals surface area (Å²) in [4.78, 5) is 33.2. The number of hydrogen-bond acceptors (Lipinski definition) is 5. The number of hydrogen-bond donors (Lipinski definition) is 0. The average Bonchev–Trinajstić information content (AvgIpc) is 2.37. The zero-order valence-electron chi connectivity index (χ0n) is 10.4. The molecule has 19 heavy (non-hydrogen) atoms. The van der Waals surface area contributed by atoms with E-state index in [1.54, 1.807) is 13.8 Å². The van der Waals surface area contributed by atoms with Gasteiger partial charge in [0.15, 0.2) is 5.78 Å². The summed E-state index contributed by atoms with van der Waals surface area (Å²) in [7, 11) is 0. The summed E-state index contributed by atoms with van der Waals surface area (Å²) in [6.45, 7) is 3.38. The smallest absolute Gasteiger partial charge is 0.338 e. The topological polar surface area (TPSA) is 86.5 Å². The van der Waals surface area contributed by atoms with Crippen molar-refractivity contribution in [1.82, 2.24) is 0 Å². The van der Waals surface area contributed by atoms with Gasteiger partial charge in [0.05, 0.1) is 21.9 Å². The minimum atomic E-state index is -0.672. The highest BCUT2D eigenvalue weighted by molar-refractivity contribution is 9.10. The van der Waals surface area contributed by atoms with Crippen LogP contribution in [0, 0.1) is 10.1 Å². The molecule has 0 N–H and O–H groups in total. The molecule has 1 aromatic rings. The number of nitro groups is 1. The van der Waals surface area contributed by atoms with E-state index < -0.39 is 21.5 Å². The molecule has 0 saturated carbocycles. The van der Waals surface area contributed by atoms with Crippen LogP contribution in [0.1, 0.15) is 34.6 Å². The molecule has 1 atom stereocenters. The molecule has 0 heterocycles. The van der Waals surface area contributed by atoms with Gasteiger partial charge in [0.25, 0.3) is 5.69 Å². The first-order valence-electron chi connectivity index (χ1n) is 5.52. The first-order chi connectivity index (χ1) is 8.88. The molecule has 6 nitrogen and oxygen atoms in total. The van der Waals surface area contributed by atoms with Crippen LogP contribution >= 0.6 is 15.9 Å². The lowest BCUT2D eigenvalue weighted by atomic mass is 10.0. The van der Waals surface area contributed by atoms with Gasteiger partial charge in [0, 0.05) is 17.7 Å². The van der Waals surface area contributed by atoms with Gasteiger partial charge in [-0.25, -0.2) is 4.79 Å². The molecule has 0 bridgehead atoms. The van der Waals surface area contributed by atoms with E-state index in [0.29, 0.717) is 0 Å². The summed E-state index contributed by atoms with van der Waals surface area (Å²) in [6, 6.07) is 3.49. The Morgan fingerprint density at radius 3 is 2.53 bits per heavy atom. The standard InChI is InChI=1S/C12H12BrNO5/c1-3-19-12(16)9-5-4-8(14(17)18)6-10(9)11(15)7(2)13/h4-7H,3H2,1-2H3. The molecule has 1 aromatic carbocycles. The second-order valence-electron chi connectivity index (χ2n) is 3.69. The van der Waals surface area contributed by atoms with E-state index in [1.807, 2.05) is 0 Å². The SMILES string of the molecule is CCOC(=O)c1ccc([N+](=O)[O-])cc1C(=O)C(C)Br. The maximum absolute atomic E-state index is 12.0. The van der Waals surface area contributed by atoms with Gasteiger partial charge in [-0.1, -0.05) is 15.9 Å². The van der Waals surface area contributed by atoms with E-state index in [-0.39, 0.29) is 23.4 Å². The monoisotopic (exact) mass is 329 g/mol. The number of ketones is 1. The molecule has 0 spiro atoms. The van der Waals surface area contributed by atoms with Crippen LogP contribution in [-0.4, -0.2) is 28.1 Å². The Labute approximate surface area is 118 Å². The lowest BCUT2D eigenvalue weighted by Crippen LogP contribution is -2.17. The highest BCUT2D eigenvalue weighted by Crippen LogP contribution is 2.22. The number of rotatable bonds is 5. The number of nitro benzene ring substituents is 1. The van der Waals surface area contributed by atoms with Crippen LogP contribution in [0.5, 0.6) is 0 Å². The van der Waals surface area contributed by atoms with E-state index in [1.165, 1.54) is 12.1 Å². The van der Waals surface area contributed by atoms with Gasteiger partial charge >= 0.3 is 5.97 Å². The summed E-state index contributed by atoms with van der Waals surface area (Å²) in [6.07, 6.45) is 0. The molecule has 0 aliphatic heterocycles. The number of esters is 1. The highest BCUT2D eigenvalue weighted by atomic mass is 79.9. The third kappa shape index (κ3) is 3.60. The Balaban J connectivity index is 3.34. The van der Waals surface area contributed by atoms with Gasteiger partial charge in [-0.2, -0.15) is 0 Å². The largest absolute Gasteiger partial charge is 0.462 e. The van der Waals surface area contributed by atoms with Gasteiger partial charge in [-0.15, -0.1) is 0 Å². The third-order valence-corrected chi connectivity index (χ3v) is 2.75. The molecular weight excluding hydrogens is 318 g/mol. The molecule has 0 saturated heterocycles. The van der Waals surface area contributed by atoms with Crippen molar-refractivity contribution in [1.29, 1.82) is 0 Å². The maximum Gasteiger partial charge on any atom is 0.338 e. The maximum atomic E-state index is 12.0. The molecule has 7 heteroatoms. The van der Waals surface area contributed by atoms with Crippen molar-refractivity contribution < 1.29 is 19.2 Å². The van der Waals surface area contributed by atoms with Gasteiger partial charge in [0.2, 0.25) is 0 Å². The number of ether oxygens (including phenoxy) is 1. The first-order valence-corrected chi connectivity index (χ1v) is 6.43. The summed E-state index contributed by atoms with van der Waals surface area (Å²) < 4.78 is 4.82. The van der Waals surface area contributed by atoms with Gasteiger partial charge in [0.1, 0.15) is 0 Å². The summed E-state index contributed by atoms with van der Waals surface area (Å²) >= 11 is 3.09. The normalized spacial score (nSPS) is 11.7. The number of non-ortho nitro benzene ring substituents is 1. The number of carbonyl (C=O) groups is 2. The summed E-state index contributed by atoms with van der Waals surface area (Å²) in [5.74, 6) is -1.08. The molecule has 0 amide bonds. The molecule has 0 aromatic heterocycles. The third-order valence-electron chi connectivity index (χ3n) is 2.34. The lowest BCUT2D eigenvalue weighted by Gasteiger charge is -2.09. The molecule has 0 aliphatic rings. The highest BCUT2D eigenvalue weighted by Gasteiger charge is 2.23. The fourth-order valence-electron chi connectivity index (χ4n) is 1.45. The van der Waals surface area contributed by atoms with Crippen molar-refractivity contribution in [2.45, 2.75) is 18.7 Å². The van der Waals surface area contributed by atoms with E-state index in [9.17, 15) is 19.7 Å².